The number of nitrogens with zero attached hydrogens (tertiary/aromatic N) is 3. The molecule has 0 bridgehead atoms. The van der Waals surface area contributed by atoms with Gasteiger partial charge < -0.3 is 19.7 Å². The predicted octanol–water partition coefficient (Wildman–Crippen LogP) is 1.89. The smallest absolute Gasteiger partial charge is 0.194 e. The summed E-state index contributed by atoms with van der Waals surface area (Å²) in [4.78, 5) is 9.68. The highest BCUT2D eigenvalue weighted by atomic mass is 19.1. The maximum atomic E-state index is 13.2. The van der Waals surface area contributed by atoms with E-state index in [0.717, 1.165) is 63.9 Å². The van der Waals surface area contributed by atoms with Crippen molar-refractivity contribution >= 4 is 5.96 Å². The molecule has 0 amide bonds. The summed E-state index contributed by atoms with van der Waals surface area (Å²) in [6.45, 7) is 9.09. The van der Waals surface area contributed by atoms with E-state index in [0.29, 0.717) is 12.6 Å². The molecule has 2 aliphatic rings. The highest BCUT2D eigenvalue weighted by molar-refractivity contribution is 5.80. The first kappa shape index (κ1) is 20.0. The molecular formula is C20H31FN4O2. The molecule has 2 atom stereocenters. The van der Waals surface area contributed by atoms with Gasteiger partial charge in [-0.2, -0.15) is 0 Å². The summed E-state index contributed by atoms with van der Waals surface area (Å²) in [6.07, 6.45) is 0.965. The van der Waals surface area contributed by atoms with Gasteiger partial charge in [-0.05, 0) is 31.0 Å². The van der Waals surface area contributed by atoms with Gasteiger partial charge in [-0.3, -0.25) is 9.89 Å². The number of benzene rings is 1. The monoisotopic (exact) mass is 378 g/mol. The SMILES string of the molecule is CCNC(=NCC(OC)c1ccc(F)cc1)N1CCC(N2CCOCC2)C1. The summed E-state index contributed by atoms with van der Waals surface area (Å²) in [5, 5.41) is 3.41. The molecule has 3 rings (SSSR count). The molecule has 0 spiro atoms. The average Bonchev–Trinajstić information content (AvgIpc) is 3.19. The molecule has 1 N–H and O–H groups in total. The minimum Gasteiger partial charge on any atom is -0.379 e. The zero-order chi connectivity index (χ0) is 19.1. The van der Waals surface area contributed by atoms with Gasteiger partial charge in [0.05, 0.1) is 19.8 Å². The van der Waals surface area contributed by atoms with Crippen molar-refractivity contribution in [3.05, 3.63) is 35.6 Å². The molecule has 2 saturated heterocycles. The van der Waals surface area contributed by atoms with E-state index in [1.54, 1.807) is 19.2 Å². The summed E-state index contributed by atoms with van der Waals surface area (Å²) in [7, 11) is 1.67. The topological polar surface area (TPSA) is 49.3 Å². The number of aliphatic imine (C=N–C) groups is 1. The van der Waals surface area contributed by atoms with Crippen LogP contribution in [0.15, 0.2) is 29.3 Å². The fourth-order valence-corrected chi connectivity index (χ4v) is 3.76. The van der Waals surface area contributed by atoms with E-state index < -0.39 is 0 Å². The lowest BCUT2D eigenvalue weighted by Gasteiger charge is -2.32. The van der Waals surface area contributed by atoms with Crippen LogP contribution in [-0.2, 0) is 9.47 Å². The van der Waals surface area contributed by atoms with E-state index in [1.165, 1.54) is 12.1 Å². The average molecular weight is 378 g/mol. The molecule has 2 unspecified atom stereocenters. The lowest BCUT2D eigenvalue weighted by atomic mass is 10.1. The van der Waals surface area contributed by atoms with Gasteiger partial charge in [-0.25, -0.2) is 4.39 Å². The summed E-state index contributed by atoms with van der Waals surface area (Å²) in [6, 6.07) is 7.01. The van der Waals surface area contributed by atoms with E-state index in [2.05, 4.69) is 22.0 Å². The van der Waals surface area contributed by atoms with Gasteiger partial charge >= 0.3 is 0 Å². The predicted molar refractivity (Wildman–Crippen MR) is 104 cm³/mol. The van der Waals surface area contributed by atoms with Gasteiger partial charge in [0, 0.05) is 45.9 Å². The van der Waals surface area contributed by atoms with Crippen LogP contribution in [0.3, 0.4) is 0 Å². The van der Waals surface area contributed by atoms with Crippen LogP contribution in [-0.4, -0.2) is 81.4 Å². The van der Waals surface area contributed by atoms with Crippen LogP contribution in [0.5, 0.6) is 0 Å². The molecule has 1 aromatic carbocycles. The second-order valence-electron chi connectivity index (χ2n) is 7.01. The fourth-order valence-electron chi connectivity index (χ4n) is 3.76. The third-order valence-corrected chi connectivity index (χ3v) is 5.29. The number of rotatable bonds is 6. The van der Waals surface area contributed by atoms with Crippen molar-refractivity contribution < 1.29 is 13.9 Å². The Labute approximate surface area is 161 Å². The summed E-state index contributed by atoms with van der Waals surface area (Å²) in [5.41, 5.74) is 0.936. The molecule has 150 valence electrons. The van der Waals surface area contributed by atoms with E-state index in [1.807, 2.05) is 0 Å². The van der Waals surface area contributed by atoms with Gasteiger partial charge in [-0.1, -0.05) is 12.1 Å². The van der Waals surface area contributed by atoms with Crippen LogP contribution in [0.4, 0.5) is 4.39 Å². The van der Waals surface area contributed by atoms with Crippen LogP contribution in [0.1, 0.15) is 25.0 Å². The second kappa shape index (κ2) is 10.0. The number of ether oxygens (including phenoxy) is 2. The highest BCUT2D eigenvalue weighted by Crippen LogP contribution is 2.20. The third kappa shape index (κ3) is 5.40. The molecule has 0 saturated carbocycles. The quantitative estimate of drug-likeness (QED) is 0.605. The van der Waals surface area contributed by atoms with E-state index in [4.69, 9.17) is 14.5 Å². The van der Waals surface area contributed by atoms with E-state index in [-0.39, 0.29) is 11.9 Å². The molecule has 0 radical (unpaired) electrons. The van der Waals surface area contributed by atoms with Crippen molar-refractivity contribution in [1.82, 2.24) is 15.1 Å². The van der Waals surface area contributed by atoms with Crippen molar-refractivity contribution in [1.29, 1.82) is 0 Å². The molecular weight excluding hydrogens is 347 g/mol. The number of hydrogen-bond acceptors (Lipinski definition) is 4. The van der Waals surface area contributed by atoms with Gasteiger partial charge in [0.25, 0.3) is 0 Å². The van der Waals surface area contributed by atoms with Crippen molar-refractivity contribution in [3.63, 3.8) is 0 Å². The largest absolute Gasteiger partial charge is 0.379 e. The Hall–Kier alpha value is -1.70. The molecule has 7 heteroatoms. The first-order valence-corrected chi connectivity index (χ1v) is 9.84. The zero-order valence-electron chi connectivity index (χ0n) is 16.4. The normalized spacial score (nSPS) is 22.9. The molecule has 1 aromatic rings. The summed E-state index contributed by atoms with van der Waals surface area (Å²) < 4.78 is 24.2. The number of methoxy groups -OCH3 is 1. The molecule has 6 nitrogen and oxygen atoms in total. The second-order valence-corrected chi connectivity index (χ2v) is 7.01. The number of guanidine groups is 1. The van der Waals surface area contributed by atoms with Crippen molar-refractivity contribution in [2.75, 3.05) is 59.6 Å². The van der Waals surface area contributed by atoms with E-state index in [9.17, 15) is 4.39 Å². The lowest BCUT2D eigenvalue weighted by molar-refractivity contribution is 0.0194. The minimum absolute atomic E-state index is 0.183. The number of nitrogens with one attached hydrogen (secondary N) is 1. The molecule has 0 aliphatic carbocycles. The number of hydrogen-bond donors (Lipinski definition) is 1. The Balaban J connectivity index is 1.62. The van der Waals surface area contributed by atoms with Gasteiger partial charge in [-0.15, -0.1) is 0 Å². The third-order valence-electron chi connectivity index (χ3n) is 5.29. The molecule has 2 heterocycles. The van der Waals surface area contributed by atoms with Crippen LogP contribution < -0.4 is 5.32 Å². The maximum absolute atomic E-state index is 13.2. The van der Waals surface area contributed by atoms with Gasteiger partial charge in [0.15, 0.2) is 5.96 Å². The maximum Gasteiger partial charge on any atom is 0.194 e. The Bertz CT molecular complexity index is 605. The van der Waals surface area contributed by atoms with Crippen LogP contribution in [0.2, 0.25) is 0 Å². The summed E-state index contributed by atoms with van der Waals surface area (Å²) in [5.74, 6) is 0.689. The first-order chi connectivity index (χ1) is 13.2. The van der Waals surface area contributed by atoms with Crippen molar-refractivity contribution in [2.24, 2.45) is 4.99 Å². The standard InChI is InChI=1S/C20H31FN4O2/c1-3-22-20(23-14-19(26-2)16-4-6-17(21)7-5-16)25-9-8-18(15-25)24-10-12-27-13-11-24/h4-7,18-19H,3,8-15H2,1-2H3,(H,22,23). The van der Waals surface area contributed by atoms with Gasteiger partial charge in [0.1, 0.15) is 11.9 Å². The Morgan fingerprint density at radius 2 is 2.04 bits per heavy atom. The lowest BCUT2D eigenvalue weighted by Crippen LogP contribution is -2.46. The van der Waals surface area contributed by atoms with E-state index >= 15 is 0 Å². The molecule has 2 aliphatic heterocycles. The molecule has 27 heavy (non-hydrogen) atoms. The zero-order valence-corrected chi connectivity index (χ0v) is 16.4. The van der Waals surface area contributed by atoms with Crippen molar-refractivity contribution in [3.8, 4) is 0 Å². The fraction of sp³-hybridized carbons (Fsp3) is 0.650. The Kier molecular flexibility index (Phi) is 7.43. The Morgan fingerprint density at radius 1 is 1.30 bits per heavy atom. The number of morpholine rings is 1. The molecule has 0 aromatic heterocycles. The number of likely N-dealkylation sites (tertiary alicyclic amines) is 1. The number of halogens is 1. The van der Waals surface area contributed by atoms with Crippen LogP contribution in [0.25, 0.3) is 0 Å². The Morgan fingerprint density at radius 3 is 2.70 bits per heavy atom. The minimum atomic E-state index is -0.239. The van der Waals surface area contributed by atoms with Gasteiger partial charge in [0.2, 0.25) is 0 Å². The molecule has 2 fully saturated rings. The first-order valence-electron chi connectivity index (χ1n) is 9.84. The highest BCUT2D eigenvalue weighted by Gasteiger charge is 2.30. The van der Waals surface area contributed by atoms with Crippen LogP contribution in [0, 0.1) is 5.82 Å². The summed E-state index contributed by atoms with van der Waals surface area (Å²) >= 11 is 0. The van der Waals surface area contributed by atoms with Crippen LogP contribution >= 0.6 is 0 Å². The van der Waals surface area contributed by atoms with Crippen molar-refractivity contribution in [2.45, 2.75) is 25.5 Å².